The molecule has 0 aliphatic rings. The molecular weight excluding hydrogens is 324 g/mol. The van der Waals surface area contributed by atoms with Crippen molar-refractivity contribution >= 4 is 11.0 Å². The Morgan fingerprint density at radius 1 is 1.21 bits per heavy atom. The number of hydrogen-bond acceptors (Lipinski definition) is 2. The van der Waals surface area contributed by atoms with E-state index >= 15 is 0 Å². The Labute approximate surface area is 148 Å². The van der Waals surface area contributed by atoms with Gasteiger partial charge in [-0.1, -0.05) is 19.4 Å². The molecule has 3 rings (SSSR count). The van der Waals surface area contributed by atoms with Gasteiger partial charge in [-0.25, -0.2) is 13.9 Å². The number of fused-ring (bicyclic) bond motifs is 1. The molecule has 0 atom stereocenters. The van der Waals surface area contributed by atoms with Gasteiger partial charge in [-0.05, 0) is 37.5 Å². The summed E-state index contributed by atoms with van der Waals surface area (Å²) in [5.74, 6) is 0. The largest absolute Gasteiger partial charge is 1.00 e. The fourth-order valence-electron chi connectivity index (χ4n) is 3.10. The molecule has 0 saturated heterocycles. The third-order valence-corrected chi connectivity index (χ3v) is 4.14. The molecule has 0 aliphatic carbocycles. The van der Waals surface area contributed by atoms with Gasteiger partial charge >= 0.3 is 5.63 Å². The van der Waals surface area contributed by atoms with Crippen LogP contribution in [-0.2, 0) is 13.1 Å². The van der Waals surface area contributed by atoms with Gasteiger partial charge in [-0.2, -0.15) is 0 Å². The Hall–Kier alpha value is -2.07. The summed E-state index contributed by atoms with van der Waals surface area (Å²) in [4.78, 5) is 11.9. The molecule has 1 aromatic carbocycles. The van der Waals surface area contributed by atoms with Gasteiger partial charge < -0.3 is 16.8 Å². The van der Waals surface area contributed by atoms with Crippen molar-refractivity contribution in [1.82, 2.24) is 4.57 Å². The smallest absolute Gasteiger partial charge is 0.336 e. The van der Waals surface area contributed by atoms with E-state index in [9.17, 15) is 4.79 Å². The lowest BCUT2D eigenvalue weighted by Crippen LogP contribution is -3.00. The van der Waals surface area contributed by atoms with Gasteiger partial charge in [0.2, 0.25) is 6.33 Å². The van der Waals surface area contributed by atoms with E-state index in [4.69, 9.17) is 4.42 Å². The zero-order valence-corrected chi connectivity index (χ0v) is 15.1. The second-order valence-corrected chi connectivity index (χ2v) is 6.22. The lowest BCUT2D eigenvalue weighted by Gasteiger charge is -2.07. The van der Waals surface area contributed by atoms with Crippen molar-refractivity contribution in [3.05, 3.63) is 64.0 Å². The quantitative estimate of drug-likeness (QED) is 0.494. The SMILES string of the molecule is CCCCn1cc[n+](Cc2cc(=O)oc3cc(C)cc(C)c23)c1.[Cl-]. The number of imidazole rings is 1. The summed E-state index contributed by atoms with van der Waals surface area (Å²) in [6.45, 7) is 7.97. The molecule has 2 aromatic heterocycles. The number of aromatic nitrogens is 2. The maximum absolute atomic E-state index is 11.9. The standard InChI is InChI=1S/C19H23N2O2.ClH/c1-4-5-6-20-7-8-21(13-20)12-16-11-18(22)23-17-10-14(2)9-15(3)19(16)17;/h7-11,13H,4-6,12H2,1-3H3;1H/q+1;/p-1. The first-order chi connectivity index (χ1) is 11.1. The summed E-state index contributed by atoms with van der Waals surface area (Å²) >= 11 is 0. The first kappa shape index (κ1) is 18.3. The number of aryl methyl sites for hydroxylation is 3. The van der Waals surface area contributed by atoms with Gasteiger partial charge in [0.05, 0.1) is 6.54 Å². The second-order valence-electron chi connectivity index (χ2n) is 6.22. The van der Waals surface area contributed by atoms with Crippen LogP contribution in [-0.4, -0.2) is 4.57 Å². The number of nitrogens with zero attached hydrogens (tertiary/aromatic N) is 2. The second kappa shape index (κ2) is 7.67. The molecule has 0 aliphatic heterocycles. The molecule has 0 amide bonds. The average molecular weight is 347 g/mol. The Morgan fingerprint density at radius 2 is 2.00 bits per heavy atom. The Morgan fingerprint density at radius 3 is 2.75 bits per heavy atom. The zero-order chi connectivity index (χ0) is 16.4. The maximum atomic E-state index is 11.9. The summed E-state index contributed by atoms with van der Waals surface area (Å²) in [5.41, 5.74) is 3.64. The molecule has 3 aromatic rings. The highest BCUT2D eigenvalue weighted by molar-refractivity contribution is 5.84. The van der Waals surface area contributed by atoms with Crippen LogP contribution in [0.15, 0.2) is 46.1 Å². The minimum absolute atomic E-state index is 0. The Balaban J connectivity index is 0.00000208. The third-order valence-electron chi connectivity index (χ3n) is 4.14. The van der Waals surface area contributed by atoms with Crippen molar-refractivity contribution in [2.75, 3.05) is 0 Å². The number of hydrogen-bond donors (Lipinski definition) is 0. The molecule has 128 valence electrons. The average Bonchev–Trinajstić information content (AvgIpc) is 2.91. The number of unbranched alkanes of at least 4 members (excludes halogenated alkanes) is 1. The molecule has 0 N–H and O–H groups in total. The lowest BCUT2D eigenvalue weighted by atomic mass is 10.0. The van der Waals surface area contributed by atoms with Gasteiger partial charge in [0.15, 0.2) is 0 Å². The molecule has 0 fully saturated rings. The van der Waals surface area contributed by atoms with Crippen LogP contribution in [0.25, 0.3) is 11.0 Å². The molecule has 0 bridgehead atoms. The number of rotatable bonds is 5. The first-order valence-corrected chi connectivity index (χ1v) is 8.15. The van der Waals surface area contributed by atoms with Crippen molar-refractivity contribution in [3.63, 3.8) is 0 Å². The third kappa shape index (κ3) is 3.88. The number of benzene rings is 1. The summed E-state index contributed by atoms with van der Waals surface area (Å²) in [7, 11) is 0. The van der Waals surface area contributed by atoms with E-state index in [1.165, 1.54) is 12.8 Å². The van der Waals surface area contributed by atoms with Crippen molar-refractivity contribution < 1.29 is 21.4 Å². The summed E-state index contributed by atoms with van der Waals surface area (Å²) < 4.78 is 9.69. The summed E-state index contributed by atoms with van der Waals surface area (Å²) in [6, 6.07) is 5.67. The molecule has 0 unspecified atom stereocenters. The van der Waals surface area contributed by atoms with E-state index < -0.39 is 0 Å². The minimum Gasteiger partial charge on any atom is -1.00 e. The van der Waals surface area contributed by atoms with Crippen LogP contribution in [0.1, 0.15) is 36.5 Å². The predicted octanol–water partition coefficient (Wildman–Crippen LogP) is 0.351. The van der Waals surface area contributed by atoms with Crippen LogP contribution in [0.4, 0.5) is 0 Å². The van der Waals surface area contributed by atoms with E-state index in [0.717, 1.165) is 28.6 Å². The highest BCUT2D eigenvalue weighted by Gasteiger charge is 2.12. The van der Waals surface area contributed by atoms with Crippen LogP contribution in [0.2, 0.25) is 0 Å². The topological polar surface area (TPSA) is 39.0 Å². The Bertz CT molecular complexity index is 896. The van der Waals surface area contributed by atoms with Crippen LogP contribution in [0, 0.1) is 13.8 Å². The van der Waals surface area contributed by atoms with Crippen LogP contribution in [0.5, 0.6) is 0 Å². The van der Waals surface area contributed by atoms with E-state index in [2.05, 4.69) is 47.8 Å². The molecule has 4 nitrogen and oxygen atoms in total. The molecular formula is C19H23ClN2O2. The normalized spacial score (nSPS) is 10.8. The lowest BCUT2D eigenvalue weighted by molar-refractivity contribution is -0.687. The zero-order valence-electron chi connectivity index (χ0n) is 14.4. The maximum Gasteiger partial charge on any atom is 0.336 e. The monoisotopic (exact) mass is 346 g/mol. The molecule has 0 radical (unpaired) electrons. The van der Waals surface area contributed by atoms with E-state index in [-0.39, 0.29) is 18.0 Å². The van der Waals surface area contributed by atoms with E-state index in [1.807, 2.05) is 13.0 Å². The fraction of sp³-hybridized carbons (Fsp3) is 0.368. The van der Waals surface area contributed by atoms with Gasteiger partial charge in [0, 0.05) is 17.0 Å². The van der Waals surface area contributed by atoms with Crippen molar-refractivity contribution in [1.29, 1.82) is 0 Å². The molecule has 2 heterocycles. The van der Waals surface area contributed by atoms with Crippen molar-refractivity contribution in [2.24, 2.45) is 0 Å². The molecule has 5 heteroatoms. The van der Waals surface area contributed by atoms with E-state index in [1.54, 1.807) is 6.07 Å². The Kier molecular flexibility index (Phi) is 5.84. The molecule has 0 saturated carbocycles. The van der Waals surface area contributed by atoms with Crippen LogP contribution >= 0.6 is 0 Å². The highest BCUT2D eigenvalue weighted by Crippen LogP contribution is 2.22. The first-order valence-electron chi connectivity index (χ1n) is 8.15. The van der Waals surface area contributed by atoms with Gasteiger partial charge in [-0.15, -0.1) is 0 Å². The number of halogens is 1. The van der Waals surface area contributed by atoms with Crippen molar-refractivity contribution in [3.8, 4) is 0 Å². The fourth-order valence-corrected chi connectivity index (χ4v) is 3.10. The van der Waals surface area contributed by atoms with E-state index in [0.29, 0.717) is 12.1 Å². The molecule has 24 heavy (non-hydrogen) atoms. The van der Waals surface area contributed by atoms with Gasteiger partial charge in [0.1, 0.15) is 24.5 Å². The predicted molar refractivity (Wildman–Crippen MR) is 90.6 cm³/mol. The van der Waals surface area contributed by atoms with Crippen LogP contribution in [0.3, 0.4) is 0 Å². The van der Waals surface area contributed by atoms with Crippen molar-refractivity contribution in [2.45, 2.75) is 46.7 Å². The van der Waals surface area contributed by atoms with Gasteiger partial charge in [0.25, 0.3) is 0 Å². The van der Waals surface area contributed by atoms with Gasteiger partial charge in [-0.3, -0.25) is 0 Å². The minimum atomic E-state index is -0.288. The summed E-state index contributed by atoms with van der Waals surface area (Å²) in [5, 5.41) is 1.05. The molecule has 0 spiro atoms. The highest BCUT2D eigenvalue weighted by atomic mass is 35.5. The summed E-state index contributed by atoms with van der Waals surface area (Å²) in [6.07, 6.45) is 8.59. The van der Waals surface area contributed by atoms with Crippen LogP contribution < -0.4 is 22.6 Å².